The van der Waals surface area contributed by atoms with Crippen molar-refractivity contribution in [1.29, 1.82) is 0 Å². The van der Waals surface area contributed by atoms with Gasteiger partial charge in [-0.15, -0.1) is 0 Å². The molecule has 1 aliphatic carbocycles. The molecule has 0 heterocycles. The Labute approximate surface area is 171 Å². The van der Waals surface area contributed by atoms with Crippen molar-refractivity contribution in [3.63, 3.8) is 0 Å². The van der Waals surface area contributed by atoms with E-state index in [9.17, 15) is 14.4 Å². The first-order valence-corrected chi connectivity index (χ1v) is 11.0. The Hall–Kier alpha value is -1.43. The predicted molar refractivity (Wildman–Crippen MR) is 115 cm³/mol. The highest BCUT2D eigenvalue weighted by Crippen LogP contribution is 2.27. The number of amides is 2. The number of nitrogens with one attached hydrogen (secondary N) is 2. The molecule has 0 aromatic heterocycles. The lowest BCUT2D eigenvalue weighted by atomic mass is 9.84. The third-order valence-corrected chi connectivity index (χ3v) is 4.69. The molecule has 1 aliphatic rings. The molecular weight excluding hydrogens is 354 g/mol. The second kappa shape index (κ2) is 15.5. The first-order valence-electron chi connectivity index (χ1n) is 11.0. The number of ketones is 1. The number of nitrogens with two attached hydrogens (primary N) is 1. The molecule has 0 aromatic rings. The van der Waals surface area contributed by atoms with Crippen molar-refractivity contribution in [3.8, 4) is 0 Å². The number of carbonyl (C=O) groups excluding carboxylic acids is 3. The van der Waals surface area contributed by atoms with Crippen LogP contribution in [0.15, 0.2) is 0 Å². The molecule has 6 heteroatoms. The van der Waals surface area contributed by atoms with Gasteiger partial charge < -0.3 is 16.4 Å². The zero-order valence-electron chi connectivity index (χ0n) is 18.7. The fourth-order valence-corrected chi connectivity index (χ4v) is 3.28. The summed E-state index contributed by atoms with van der Waals surface area (Å²) < 4.78 is 0. The van der Waals surface area contributed by atoms with E-state index >= 15 is 0 Å². The van der Waals surface area contributed by atoms with Crippen LogP contribution in [0.5, 0.6) is 0 Å². The van der Waals surface area contributed by atoms with Gasteiger partial charge in [-0.25, -0.2) is 0 Å². The largest absolute Gasteiger partial charge is 0.345 e. The minimum atomic E-state index is -0.665. The predicted octanol–water partition coefficient (Wildman–Crippen LogP) is 3.33. The fourth-order valence-electron chi connectivity index (χ4n) is 3.28. The Morgan fingerprint density at radius 1 is 1.00 bits per heavy atom. The first kappa shape index (κ1) is 26.6. The Bertz CT molecular complexity index is 457. The molecule has 1 rings (SSSR count). The van der Waals surface area contributed by atoms with Crippen molar-refractivity contribution in [1.82, 2.24) is 10.6 Å². The maximum atomic E-state index is 12.5. The highest BCUT2D eigenvalue weighted by atomic mass is 16.2. The molecule has 28 heavy (non-hydrogen) atoms. The summed E-state index contributed by atoms with van der Waals surface area (Å²) in [7, 11) is 0. The van der Waals surface area contributed by atoms with Crippen molar-refractivity contribution in [2.24, 2.45) is 17.6 Å². The average molecular weight is 398 g/mol. The standard InChI is InChI=1S/C18H33N3O3.C4H10/c1-3-7-17(23)20-15(10-11-19)18(24)21-16(13(2)22)12-14-8-5-4-6-9-14;1-4(2)3/h14-16H,3-12,19H2,1-2H3,(H,20,23)(H,21,24);4H,1-3H3. The van der Waals surface area contributed by atoms with E-state index in [0.29, 0.717) is 31.7 Å². The van der Waals surface area contributed by atoms with Crippen LogP contribution in [0.2, 0.25) is 0 Å². The van der Waals surface area contributed by atoms with Crippen LogP contribution in [0.4, 0.5) is 0 Å². The molecule has 1 fully saturated rings. The van der Waals surface area contributed by atoms with Gasteiger partial charge in [0.05, 0.1) is 6.04 Å². The van der Waals surface area contributed by atoms with E-state index in [1.165, 1.54) is 26.2 Å². The molecule has 164 valence electrons. The van der Waals surface area contributed by atoms with Crippen LogP contribution in [-0.4, -0.2) is 36.2 Å². The average Bonchev–Trinajstić information content (AvgIpc) is 2.61. The number of rotatable bonds is 10. The van der Waals surface area contributed by atoms with E-state index in [1.807, 2.05) is 6.92 Å². The van der Waals surface area contributed by atoms with E-state index < -0.39 is 12.1 Å². The molecule has 0 radical (unpaired) electrons. The van der Waals surface area contributed by atoms with E-state index in [4.69, 9.17) is 5.73 Å². The molecule has 0 aliphatic heterocycles. The summed E-state index contributed by atoms with van der Waals surface area (Å²) in [5.41, 5.74) is 5.56. The SMILES string of the molecule is CC(C)C.CCCC(=O)NC(CCN)C(=O)NC(CC1CCCCC1)C(C)=O. The maximum Gasteiger partial charge on any atom is 0.243 e. The van der Waals surface area contributed by atoms with Gasteiger partial charge in [-0.1, -0.05) is 59.8 Å². The molecular formula is C22H43N3O3. The summed E-state index contributed by atoms with van der Waals surface area (Å²) in [6, 6.07) is -1.13. The number of hydrogen-bond acceptors (Lipinski definition) is 4. The molecule has 6 nitrogen and oxygen atoms in total. The summed E-state index contributed by atoms with van der Waals surface area (Å²) >= 11 is 0. The molecule has 0 bridgehead atoms. The number of Topliss-reactive ketones (excluding diaryl/α,β-unsaturated/α-hetero) is 1. The van der Waals surface area contributed by atoms with Gasteiger partial charge in [0.25, 0.3) is 0 Å². The van der Waals surface area contributed by atoms with Crippen LogP contribution in [0.1, 0.15) is 92.4 Å². The Morgan fingerprint density at radius 3 is 2.04 bits per heavy atom. The summed E-state index contributed by atoms with van der Waals surface area (Å²) in [5, 5.41) is 5.56. The van der Waals surface area contributed by atoms with E-state index in [1.54, 1.807) is 0 Å². The third-order valence-electron chi connectivity index (χ3n) is 4.69. The lowest BCUT2D eigenvalue weighted by molar-refractivity contribution is -0.131. The molecule has 2 unspecified atom stereocenters. The lowest BCUT2D eigenvalue weighted by Crippen LogP contribution is -2.52. The molecule has 0 aromatic carbocycles. The Kier molecular flexibility index (Phi) is 14.7. The molecule has 0 saturated heterocycles. The maximum absolute atomic E-state index is 12.5. The number of hydrogen-bond donors (Lipinski definition) is 3. The van der Waals surface area contributed by atoms with Crippen molar-refractivity contribution in [3.05, 3.63) is 0 Å². The Balaban J connectivity index is 0.00000165. The van der Waals surface area contributed by atoms with Gasteiger partial charge in [0.1, 0.15) is 6.04 Å². The summed E-state index contributed by atoms with van der Waals surface area (Å²) in [4.78, 5) is 36.2. The zero-order valence-corrected chi connectivity index (χ0v) is 18.7. The highest BCUT2D eigenvalue weighted by Gasteiger charge is 2.27. The van der Waals surface area contributed by atoms with Crippen LogP contribution < -0.4 is 16.4 Å². The molecule has 4 N–H and O–H groups in total. The van der Waals surface area contributed by atoms with E-state index in [2.05, 4.69) is 31.4 Å². The minimum Gasteiger partial charge on any atom is -0.345 e. The quantitative estimate of drug-likeness (QED) is 0.526. The Morgan fingerprint density at radius 2 is 1.57 bits per heavy atom. The van der Waals surface area contributed by atoms with Crippen molar-refractivity contribution >= 4 is 17.6 Å². The number of carbonyl (C=O) groups is 3. The van der Waals surface area contributed by atoms with Crippen molar-refractivity contribution in [2.75, 3.05) is 6.54 Å². The van der Waals surface area contributed by atoms with Crippen LogP contribution in [-0.2, 0) is 14.4 Å². The highest BCUT2D eigenvalue weighted by molar-refractivity contribution is 5.92. The second-order valence-corrected chi connectivity index (χ2v) is 8.59. The van der Waals surface area contributed by atoms with Gasteiger partial charge in [-0.3, -0.25) is 14.4 Å². The second-order valence-electron chi connectivity index (χ2n) is 8.59. The topological polar surface area (TPSA) is 101 Å². The van der Waals surface area contributed by atoms with Gasteiger partial charge in [0, 0.05) is 6.42 Å². The van der Waals surface area contributed by atoms with Gasteiger partial charge >= 0.3 is 0 Å². The normalized spacial score (nSPS) is 16.5. The molecule has 2 atom stereocenters. The van der Waals surface area contributed by atoms with Gasteiger partial charge in [0.2, 0.25) is 11.8 Å². The van der Waals surface area contributed by atoms with Gasteiger partial charge in [-0.2, -0.15) is 0 Å². The van der Waals surface area contributed by atoms with Crippen LogP contribution in [0.3, 0.4) is 0 Å². The van der Waals surface area contributed by atoms with E-state index in [0.717, 1.165) is 25.2 Å². The lowest BCUT2D eigenvalue weighted by Gasteiger charge is -2.27. The summed E-state index contributed by atoms with van der Waals surface area (Å²) in [6.07, 6.45) is 8.08. The molecule has 0 spiro atoms. The van der Waals surface area contributed by atoms with Crippen LogP contribution in [0, 0.1) is 11.8 Å². The summed E-state index contributed by atoms with van der Waals surface area (Å²) in [5.74, 6) is 0.842. The van der Waals surface area contributed by atoms with Crippen molar-refractivity contribution < 1.29 is 14.4 Å². The smallest absolute Gasteiger partial charge is 0.243 e. The van der Waals surface area contributed by atoms with Crippen LogP contribution >= 0.6 is 0 Å². The molecule has 2 amide bonds. The summed E-state index contributed by atoms with van der Waals surface area (Å²) in [6.45, 7) is 10.2. The minimum absolute atomic E-state index is 0.0275. The zero-order chi connectivity index (χ0) is 21.5. The van der Waals surface area contributed by atoms with Crippen LogP contribution in [0.25, 0.3) is 0 Å². The first-order chi connectivity index (χ1) is 13.2. The third kappa shape index (κ3) is 12.9. The monoisotopic (exact) mass is 397 g/mol. The fraction of sp³-hybridized carbons (Fsp3) is 0.864. The van der Waals surface area contributed by atoms with Crippen molar-refractivity contribution in [2.45, 2.75) is 104 Å². The van der Waals surface area contributed by atoms with Gasteiger partial charge in [-0.05, 0) is 44.6 Å². The molecule has 1 saturated carbocycles. The van der Waals surface area contributed by atoms with Gasteiger partial charge in [0.15, 0.2) is 5.78 Å². The van der Waals surface area contributed by atoms with E-state index in [-0.39, 0.29) is 17.6 Å².